The second-order valence-corrected chi connectivity index (χ2v) is 7.40. The molecule has 1 fully saturated rings. The molecule has 2 heterocycles. The third kappa shape index (κ3) is 6.22. The minimum absolute atomic E-state index is 0.177. The van der Waals surface area contributed by atoms with Crippen molar-refractivity contribution in [3.05, 3.63) is 42.4 Å². The zero-order valence-electron chi connectivity index (χ0n) is 16.7. The van der Waals surface area contributed by atoms with E-state index in [1.807, 2.05) is 48.5 Å². The summed E-state index contributed by atoms with van der Waals surface area (Å²) in [7, 11) is 3.60. The van der Waals surface area contributed by atoms with Crippen LogP contribution in [0.5, 0.6) is 0 Å². The van der Waals surface area contributed by atoms with E-state index in [0.29, 0.717) is 32.1 Å². The van der Waals surface area contributed by atoms with E-state index in [1.54, 1.807) is 7.05 Å². The van der Waals surface area contributed by atoms with E-state index >= 15 is 0 Å². The number of aromatic amines is 1. The summed E-state index contributed by atoms with van der Waals surface area (Å²) in [5.41, 5.74) is 2.02. The molecule has 1 saturated heterocycles. The van der Waals surface area contributed by atoms with E-state index in [-0.39, 0.29) is 5.92 Å². The lowest BCUT2D eigenvalue weighted by atomic mass is 10.1. The number of nitrogens with one attached hydrogen (secondary N) is 2. The van der Waals surface area contributed by atoms with Crippen molar-refractivity contribution in [2.75, 3.05) is 40.3 Å². The molecule has 2 N–H and O–H groups in total. The lowest BCUT2D eigenvalue weighted by Gasteiger charge is -2.23. The number of aliphatic imine (C=N–C) groups is 1. The maximum atomic E-state index is 12.5. The molecule has 0 spiro atoms. The second kappa shape index (κ2) is 9.30. The van der Waals surface area contributed by atoms with E-state index in [2.05, 4.69) is 20.3 Å². The number of rotatable bonds is 6. The zero-order valence-corrected chi connectivity index (χ0v) is 16.7. The number of halogens is 3. The van der Waals surface area contributed by atoms with E-state index in [9.17, 15) is 13.2 Å². The van der Waals surface area contributed by atoms with Gasteiger partial charge in [0, 0.05) is 27.2 Å². The molecule has 1 atom stereocenters. The van der Waals surface area contributed by atoms with Crippen LogP contribution < -0.4 is 5.32 Å². The summed E-state index contributed by atoms with van der Waals surface area (Å²) >= 11 is 0. The average molecular weight is 408 g/mol. The summed E-state index contributed by atoms with van der Waals surface area (Å²) < 4.78 is 37.6. The van der Waals surface area contributed by atoms with Gasteiger partial charge in [-0.2, -0.15) is 13.2 Å². The maximum absolute atomic E-state index is 12.5. The van der Waals surface area contributed by atoms with E-state index in [1.165, 1.54) is 4.90 Å². The van der Waals surface area contributed by atoms with Crippen molar-refractivity contribution < 1.29 is 13.2 Å². The summed E-state index contributed by atoms with van der Waals surface area (Å²) in [5.74, 6) is 1.68. The van der Waals surface area contributed by atoms with Crippen molar-refractivity contribution in [1.82, 2.24) is 25.1 Å². The van der Waals surface area contributed by atoms with Crippen LogP contribution in [0.3, 0.4) is 0 Å². The number of benzene rings is 1. The fraction of sp³-hybridized carbons (Fsp3) is 0.500. The Morgan fingerprint density at radius 3 is 2.79 bits per heavy atom. The summed E-state index contributed by atoms with van der Waals surface area (Å²) in [6, 6.07) is 9.96. The number of H-pyrrole nitrogens is 1. The number of hydrogen-bond acceptors (Lipinski definition) is 3. The van der Waals surface area contributed by atoms with Crippen LogP contribution in [0.2, 0.25) is 0 Å². The number of hydrogen-bond donors (Lipinski definition) is 2. The topological polar surface area (TPSA) is 59.6 Å². The molecule has 3 rings (SSSR count). The molecule has 29 heavy (non-hydrogen) atoms. The molecule has 0 aliphatic carbocycles. The molecule has 0 radical (unpaired) electrons. The molecule has 9 heteroatoms. The molecule has 158 valence electrons. The molecular weight excluding hydrogens is 381 g/mol. The molecule has 1 aliphatic rings. The number of likely N-dealkylation sites (tertiary alicyclic amines) is 1. The Hall–Kier alpha value is -2.55. The minimum Gasteiger partial charge on any atom is -0.356 e. The molecule has 1 unspecified atom stereocenters. The Bertz CT molecular complexity index is 802. The first-order valence-electron chi connectivity index (χ1n) is 9.64. The normalized spacial score (nSPS) is 18.2. The number of guanidine groups is 1. The molecular formula is C20H27F3N6. The highest BCUT2D eigenvalue weighted by atomic mass is 19.4. The molecule has 6 nitrogen and oxygen atoms in total. The Labute approximate surface area is 168 Å². The van der Waals surface area contributed by atoms with Gasteiger partial charge in [-0.25, -0.2) is 4.98 Å². The summed E-state index contributed by atoms with van der Waals surface area (Å²) in [5, 5.41) is 3.28. The highest BCUT2D eigenvalue weighted by Gasteiger charge is 2.34. The number of aromatic nitrogens is 2. The third-order valence-corrected chi connectivity index (χ3v) is 5.00. The fourth-order valence-electron chi connectivity index (χ4n) is 3.60. The van der Waals surface area contributed by atoms with Crippen LogP contribution in [-0.2, 0) is 6.54 Å². The predicted octanol–water partition coefficient (Wildman–Crippen LogP) is 2.97. The van der Waals surface area contributed by atoms with Crippen molar-refractivity contribution >= 4 is 5.96 Å². The van der Waals surface area contributed by atoms with Crippen molar-refractivity contribution in [1.29, 1.82) is 0 Å². The predicted molar refractivity (Wildman–Crippen MR) is 107 cm³/mol. The van der Waals surface area contributed by atoms with Crippen LogP contribution in [0.4, 0.5) is 13.2 Å². The molecule has 0 amide bonds. The number of alkyl halides is 3. The Morgan fingerprint density at radius 1 is 1.34 bits per heavy atom. The van der Waals surface area contributed by atoms with Crippen molar-refractivity contribution in [3.8, 4) is 11.3 Å². The largest absolute Gasteiger partial charge is 0.401 e. The quantitative estimate of drug-likeness (QED) is 0.570. The van der Waals surface area contributed by atoms with E-state index < -0.39 is 12.7 Å². The van der Waals surface area contributed by atoms with Crippen molar-refractivity contribution in [2.45, 2.75) is 19.1 Å². The molecule has 2 aromatic rings. The van der Waals surface area contributed by atoms with Crippen molar-refractivity contribution in [2.24, 2.45) is 10.9 Å². The van der Waals surface area contributed by atoms with E-state index in [4.69, 9.17) is 0 Å². The lowest BCUT2D eigenvalue weighted by Crippen LogP contribution is -2.41. The Morgan fingerprint density at radius 2 is 2.10 bits per heavy atom. The van der Waals surface area contributed by atoms with Gasteiger partial charge in [-0.1, -0.05) is 30.3 Å². The zero-order chi connectivity index (χ0) is 20.9. The van der Waals surface area contributed by atoms with Gasteiger partial charge < -0.3 is 15.2 Å². The van der Waals surface area contributed by atoms with Gasteiger partial charge in [-0.3, -0.25) is 9.89 Å². The van der Waals surface area contributed by atoms with E-state index in [0.717, 1.165) is 23.5 Å². The first-order chi connectivity index (χ1) is 13.8. The monoisotopic (exact) mass is 408 g/mol. The van der Waals surface area contributed by atoms with Gasteiger partial charge in [0.25, 0.3) is 0 Å². The van der Waals surface area contributed by atoms with Gasteiger partial charge in [0.15, 0.2) is 5.96 Å². The molecule has 0 saturated carbocycles. The summed E-state index contributed by atoms with van der Waals surface area (Å²) in [4.78, 5) is 15.4. The lowest BCUT2D eigenvalue weighted by molar-refractivity contribution is -0.143. The standard InChI is InChI=1S/C20H27F3N6/c1-24-19(26-10-15-8-9-29(12-15)14-20(21,22)23)28(2)13-18-25-11-17(27-18)16-6-4-3-5-7-16/h3-7,11,15H,8-10,12-14H2,1-2H3,(H,24,26)(H,25,27). The number of nitrogens with zero attached hydrogens (tertiary/aromatic N) is 4. The highest BCUT2D eigenvalue weighted by Crippen LogP contribution is 2.22. The molecule has 1 aromatic carbocycles. The summed E-state index contributed by atoms with van der Waals surface area (Å²) in [6.45, 7) is 1.23. The van der Waals surface area contributed by atoms with Crippen LogP contribution in [0.1, 0.15) is 12.2 Å². The van der Waals surface area contributed by atoms with Crippen LogP contribution in [0.25, 0.3) is 11.3 Å². The summed E-state index contributed by atoms with van der Waals surface area (Å²) in [6.07, 6.45) is -1.58. The van der Waals surface area contributed by atoms with Gasteiger partial charge >= 0.3 is 6.18 Å². The third-order valence-electron chi connectivity index (χ3n) is 5.00. The second-order valence-electron chi connectivity index (χ2n) is 7.40. The van der Waals surface area contributed by atoms with Gasteiger partial charge in [-0.05, 0) is 24.4 Å². The molecule has 0 bridgehead atoms. The fourth-order valence-corrected chi connectivity index (χ4v) is 3.60. The first kappa shape index (κ1) is 21.2. The van der Waals surface area contributed by atoms with Gasteiger partial charge in [-0.15, -0.1) is 0 Å². The van der Waals surface area contributed by atoms with Crippen LogP contribution in [0, 0.1) is 5.92 Å². The average Bonchev–Trinajstić information content (AvgIpc) is 3.31. The maximum Gasteiger partial charge on any atom is 0.401 e. The smallest absolute Gasteiger partial charge is 0.356 e. The van der Waals surface area contributed by atoms with Crippen LogP contribution in [0.15, 0.2) is 41.5 Å². The van der Waals surface area contributed by atoms with Gasteiger partial charge in [0.2, 0.25) is 0 Å². The van der Waals surface area contributed by atoms with Gasteiger partial charge in [0.1, 0.15) is 5.82 Å². The SMILES string of the molecule is CN=C(NCC1CCN(CC(F)(F)F)C1)N(C)Cc1ncc(-c2ccccc2)[nH]1. The molecule has 1 aliphatic heterocycles. The Kier molecular flexibility index (Phi) is 6.79. The molecule has 1 aromatic heterocycles. The van der Waals surface area contributed by atoms with Crippen LogP contribution >= 0.6 is 0 Å². The minimum atomic E-state index is -4.14. The first-order valence-corrected chi connectivity index (χ1v) is 9.64. The van der Waals surface area contributed by atoms with Gasteiger partial charge in [0.05, 0.1) is 25.0 Å². The van der Waals surface area contributed by atoms with Crippen LogP contribution in [-0.4, -0.2) is 72.2 Å². The number of imidazole rings is 1. The van der Waals surface area contributed by atoms with Crippen molar-refractivity contribution in [3.63, 3.8) is 0 Å². The highest BCUT2D eigenvalue weighted by molar-refractivity contribution is 5.79. The Balaban J connectivity index is 1.49.